The molecule has 0 aliphatic carbocycles. The third-order valence-corrected chi connectivity index (χ3v) is 2.14. The molecule has 14 heavy (non-hydrogen) atoms. The van der Waals surface area contributed by atoms with Crippen molar-refractivity contribution in [1.82, 2.24) is 10.3 Å². The minimum atomic E-state index is -0.238. The van der Waals surface area contributed by atoms with Gasteiger partial charge in [-0.2, -0.15) is 0 Å². The van der Waals surface area contributed by atoms with Crippen LogP contribution in [0.5, 0.6) is 0 Å². The summed E-state index contributed by atoms with van der Waals surface area (Å²) < 4.78 is 0. The Morgan fingerprint density at radius 2 is 2.21 bits per heavy atom. The number of rotatable bonds is 5. The number of hydrogen-bond acceptors (Lipinski definition) is 3. The van der Waals surface area contributed by atoms with Crippen LogP contribution in [0.3, 0.4) is 0 Å². The van der Waals surface area contributed by atoms with Crippen LogP contribution in [0.1, 0.15) is 32.0 Å². The van der Waals surface area contributed by atoms with Crippen molar-refractivity contribution in [2.45, 2.75) is 32.4 Å². The van der Waals surface area contributed by atoms with Crippen LogP contribution in [0.4, 0.5) is 0 Å². The first kappa shape index (κ1) is 11.1. The lowest BCUT2D eigenvalue weighted by atomic mass is 10.2. The van der Waals surface area contributed by atoms with E-state index < -0.39 is 0 Å². The molecule has 0 spiro atoms. The molecule has 0 unspecified atom stereocenters. The van der Waals surface area contributed by atoms with Crippen LogP contribution in [-0.2, 0) is 0 Å². The summed E-state index contributed by atoms with van der Waals surface area (Å²) >= 11 is 0. The molecule has 1 heterocycles. The molecule has 1 aromatic heterocycles. The molecule has 3 heteroatoms. The van der Waals surface area contributed by atoms with E-state index in [0.717, 1.165) is 18.7 Å². The summed E-state index contributed by atoms with van der Waals surface area (Å²) in [4.78, 5) is 4.25. The molecule has 0 radical (unpaired) electrons. The van der Waals surface area contributed by atoms with Gasteiger partial charge in [-0.05, 0) is 38.9 Å². The number of aromatic nitrogens is 1. The topological polar surface area (TPSA) is 45.1 Å². The molecule has 1 rings (SSSR count). The van der Waals surface area contributed by atoms with Gasteiger partial charge >= 0.3 is 0 Å². The Kier molecular flexibility index (Phi) is 4.56. The molecule has 2 N–H and O–H groups in total. The molecule has 0 saturated heterocycles. The van der Waals surface area contributed by atoms with Gasteiger partial charge in [-0.15, -0.1) is 0 Å². The van der Waals surface area contributed by atoms with Gasteiger partial charge in [0, 0.05) is 12.2 Å². The first-order valence-electron chi connectivity index (χ1n) is 5.02. The summed E-state index contributed by atoms with van der Waals surface area (Å²) in [6.45, 7) is 4.69. The number of hydrogen-bond donors (Lipinski definition) is 2. The van der Waals surface area contributed by atoms with Gasteiger partial charge in [-0.3, -0.25) is 4.98 Å². The Morgan fingerprint density at radius 1 is 1.43 bits per heavy atom. The number of aliphatic hydroxyl groups excluding tert-OH is 1. The number of pyridine rings is 1. The van der Waals surface area contributed by atoms with Crippen molar-refractivity contribution in [2.24, 2.45) is 0 Å². The highest BCUT2D eigenvalue weighted by atomic mass is 16.3. The molecule has 1 aromatic rings. The number of nitrogens with one attached hydrogen (secondary N) is 1. The summed E-state index contributed by atoms with van der Waals surface area (Å²) in [6.07, 6.45) is 2.33. The SMILES string of the molecule is C[C@H](O)CCN[C@@H](C)c1ccccn1. The van der Waals surface area contributed by atoms with E-state index in [1.807, 2.05) is 18.2 Å². The van der Waals surface area contributed by atoms with Crippen LogP contribution >= 0.6 is 0 Å². The minimum Gasteiger partial charge on any atom is -0.393 e. The summed E-state index contributed by atoms with van der Waals surface area (Å²) in [6, 6.07) is 6.14. The van der Waals surface area contributed by atoms with E-state index in [2.05, 4.69) is 17.2 Å². The molecule has 2 atom stereocenters. The number of aliphatic hydroxyl groups is 1. The van der Waals surface area contributed by atoms with Gasteiger partial charge in [0.1, 0.15) is 0 Å². The summed E-state index contributed by atoms with van der Waals surface area (Å²) in [5.41, 5.74) is 1.04. The molecule has 3 nitrogen and oxygen atoms in total. The van der Waals surface area contributed by atoms with Crippen LogP contribution in [0, 0.1) is 0 Å². The van der Waals surface area contributed by atoms with Crippen LogP contribution in [0.15, 0.2) is 24.4 Å². The van der Waals surface area contributed by atoms with Crippen LogP contribution in [0.25, 0.3) is 0 Å². The molecule has 0 bridgehead atoms. The van der Waals surface area contributed by atoms with Crippen molar-refractivity contribution in [3.8, 4) is 0 Å². The second-order valence-corrected chi connectivity index (χ2v) is 3.57. The number of nitrogens with zero attached hydrogens (tertiary/aromatic N) is 1. The summed E-state index contributed by atoms with van der Waals surface area (Å²) in [7, 11) is 0. The Bertz CT molecular complexity index is 249. The molecule has 78 valence electrons. The van der Waals surface area contributed by atoms with Gasteiger partial charge in [-0.25, -0.2) is 0 Å². The van der Waals surface area contributed by atoms with E-state index >= 15 is 0 Å². The fourth-order valence-electron chi connectivity index (χ4n) is 1.25. The van der Waals surface area contributed by atoms with Gasteiger partial charge in [0.05, 0.1) is 11.8 Å². The van der Waals surface area contributed by atoms with Crippen molar-refractivity contribution >= 4 is 0 Å². The van der Waals surface area contributed by atoms with Crippen molar-refractivity contribution < 1.29 is 5.11 Å². The largest absolute Gasteiger partial charge is 0.393 e. The molecule has 0 aliphatic heterocycles. The normalized spacial score (nSPS) is 15.1. The third-order valence-electron chi connectivity index (χ3n) is 2.14. The lowest BCUT2D eigenvalue weighted by molar-refractivity contribution is 0.182. The van der Waals surface area contributed by atoms with Gasteiger partial charge in [0.2, 0.25) is 0 Å². The van der Waals surface area contributed by atoms with Crippen LogP contribution < -0.4 is 5.32 Å². The lowest BCUT2D eigenvalue weighted by Crippen LogP contribution is -2.23. The van der Waals surface area contributed by atoms with E-state index in [1.165, 1.54) is 0 Å². The fraction of sp³-hybridized carbons (Fsp3) is 0.545. The zero-order chi connectivity index (χ0) is 10.4. The standard InChI is InChI=1S/C11H18N2O/c1-9(14)6-8-12-10(2)11-5-3-4-7-13-11/h3-5,7,9-10,12,14H,6,8H2,1-2H3/t9-,10-/m0/s1. The average Bonchev–Trinajstić information content (AvgIpc) is 2.18. The highest BCUT2D eigenvalue weighted by Crippen LogP contribution is 2.07. The quantitative estimate of drug-likeness (QED) is 0.746. The van der Waals surface area contributed by atoms with E-state index in [-0.39, 0.29) is 12.1 Å². The highest BCUT2D eigenvalue weighted by Gasteiger charge is 2.04. The highest BCUT2D eigenvalue weighted by molar-refractivity contribution is 5.07. The maximum atomic E-state index is 9.08. The maximum absolute atomic E-state index is 9.08. The summed E-state index contributed by atoms with van der Waals surface area (Å²) in [5.74, 6) is 0. The van der Waals surface area contributed by atoms with Gasteiger partial charge in [0.25, 0.3) is 0 Å². The lowest BCUT2D eigenvalue weighted by Gasteiger charge is -2.13. The third kappa shape index (κ3) is 3.85. The van der Waals surface area contributed by atoms with Crippen molar-refractivity contribution in [2.75, 3.05) is 6.54 Å². The molecule has 0 amide bonds. The molecule has 0 saturated carbocycles. The van der Waals surface area contributed by atoms with Crippen LogP contribution in [-0.4, -0.2) is 22.7 Å². The van der Waals surface area contributed by atoms with Crippen LogP contribution in [0.2, 0.25) is 0 Å². The average molecular weight is 194 g/mol. The summed E-state index contributed by atoms with van der Waals surface area (Å²) in [5, 5.41) is 12.4. The minimum absolute atomic E-state index is 0.238. The van der Waals surface area contributed by atoms with Gasteiger partial charge < -0.3 is 10.4 Å². The Labute approximate surface area is 85.2 Å². The van der Waals surface area contributed by atoms with E-state index in [1.54, 1.807) is 13.1 Å². The predicted molar refractivity (Wildman–Crippen MR) is 57.0 cm³/mol. The zero-order valence-corrected chi connectivity index (χ0v) is 8.77. The first-order valence-corrected chi connectivity index (χ1v) is 5.02. The Hall–Kier alpha value is -0.930. The van der Waals surface area contributed by atoms with E-state index in [0.29, 0.717) is 0 Å². The molecule has 0 fully saturated rings. The molecule has 0 aromatic carbocycles. The van der Waals surface area contributed by atoms with Gasteiger partial charge in [0.15, 0.2) is 0 Å². The zero-order valence-electron chi connectivity index (χ0n) is 8.77. The maximum Gasteiger partial charge on any atom is 0.0570 e. The van der Waals surface area contributed by atoms with E-state index in [9.17, 15) is 0 Å². The monoisotopic (exact) mass is 194 g/mol. The van der Waals surface area contributed by atoms with Crippen molar-refractivity contribution in [3.63, 3.8) is 0 Å². The molecular formula is C11H18N2O. The first-order chi connectivity index (χ1) is 6.70. The fourth-order valence-corrected chi connectivity index (χ4v) is 1.25. The molecule has 0 aliphatic rings. The van der Waals surface area contributed by atoms with Crippen molar-refractivity contribution in [3.05, 3.63) is 30.1 Å². The van der Waals surface area contributed by atoms with E-state index in [4.69, 9.17) is 5.11 Å². The second-order valence-electron chi connectivity index (χ2n) is 3.57. The Morgan fingerprint density at radius 3 is 2.79 bits per heavy atom. The second kappa shape index (κ2) is 5.73. The van der Waals surface area contributed by atoms with Crippen molar-refractivity contribution in [1.29, 1.82) is 0 Å². The Balaban J connectivity index is 2.32. The molecular weight excluding hydrogens is 176 g/mol. The predicted octanol–water partition coefficient (Wildman–Crippen LogP) is 1.50. The van der Waals surface area contributed by atoms with Gasteiger partial charge in [-0.1, -0.05) is 6.07 Å². The smallest absolute Gasteiger partial charge is 0.0570 e.